The number of hydrogen-bond donors (Lipinski definition) is 0. The SMILES string of the molecule is Cc1ccc(C(C)C(F)(F)F)cc1C(C)(C)C. The zero-order valence-corrected chi connectivity index (χ0v) is 10.9. The summed E-state index contributed by atoms with van der Waals surface area (Å²) < 4.78 is 38.0. The second-order valence-corrected chi connectivity index (χ2v) is 5.59. The van der Waals surface area contributed by atoms with Crippen LogP contribution in [-0.2, 0) is 5.41 Å². The van der Waals surface area contributed by atoms with Crippen molar-refractivity contribution in [3.8, 4) is 0 Å². The maximum atomic E-state index is 12.7. The first kappa shape index (κ1) is 14.1. The summed E-state index contributed by atoms with van der Waals surface area (Å²) in [5.74, 6) is -1.41. The van der Waals surface area contributed by atoms with Gasteiger partial charge in [0.25, 0.3) is 0 Å². The van der Waals surface area contributed by atoms with Crippen molar-refractivity contribution in [1.29, 1.82) is 0 Å². The summed E-state index contributed by atoms with van der Waals surface area (Å²) in [4.78, 5) is 0. The van der Waals surface area contributed by atoms with Gasteiger partial charge in [0.05, 0.1) is 5.92 Å². The van der Waals surface area contributed by atoms with Crippen molar-refractivity contribution in [2.24, 2.45) is 0 Å². The van der Waals surface area contributed by atoms with Crippen molar-refractivity contribution in [3.63, 3.8) is 0 Å². The fourth-order valence-corrected chi connectivity index (χ4v) is 1.91. The smallest absolute Gasteiger partial charge is 0.170 e. The first-order valence-electron chi connectivity index (χ1n) is 5.71. The quantitative estimate of drug-likeness (QED) is 0.655. The standard InChI is InChI=1S/C14H19F3/c1-9-6-7-11(10(2)14(15,16)17)8-12(9)13(3,4)5/h6-8,10H,1-5H3. The summed E-state index contributed by atoms with van der Waals surface area (Å²) in [6.07, 6.45) is -4.18. The highest BCUT2D eigenvalue weighted by atomic mass is 19.4. The first-order valence-corrected chi connectivity index (χ1v) is 5.71. The number of benzene rings is 1. The van der Waals surface area contributed by atoms with E-state index < -0.39 is 12.1 Å². The molecule has 0 heterocycles. The number of hydrogen-bond acceptors (Lipinski definition) is 0. The van der Waals surface area contributed by atoms with Crippen molar-refractivity contribution in [1.82, 2.24) is 0 Å². The number of alkyl halides is 3. The molecule has 1 unspecified atom stereocenters. The monoisotopic (exact) mass is 244 g/mol. The molecule has 3 heteroatoms. The molecule has 0 saturated carbocycles. The molecule has 0 bridgehead atoms. The molecule has 0 nitrogen and oxygen atoms in total. The zero-order chi connectivity index (χ0) is 13.4. The molecule has 17 heavy (non-hydrogen) atoms. The van der Waals surface area contributed by atoms with Crippen molar-refractivity contribution < 1.29 is 13.2 Å². The van der Waals surface area contributed by atoms with Gasteiger partial charge in [-0.1, -0.05) is 39.0 Å². The van der Waals surface area contributed by atoms with Gasteiger partial charge in [-0.2, -0.15) is 13.2 Å². The van der Waals surface area contributed by atoms with Crippen LogP contribution >= 0.6 is 0 Å². The Balaban J connectivity index is 3.23. The van der Waals surface area contributed by atoms with Gasteiger partial charge in [-0.05, 0) is 36.0 Å². The highest BCUT2D eigenvalue weighted by Crippen LogP contribution is 2.36. The molecule has 0 fully saturated rings. The molecule has 1 aromatic rings. The fraction of sp³-hybridized carbons (Fsp3) is 0.571. The van der Waals surface area contributed by atoms with Crippen LogP contribution in [0, 0.1) is 6.92 Å². The van der Waals surface area contributed by atoms with Crippen LogP contribution in [0.25, 0.3) is 0 Å². The van der Waals surface area contributed by atoms with E-state index in [0.29, 0.717) is 5.56 Å². The van der Waals surface area contributed by atoms with Crippen molar-refractivity contribution in [3.05, 3.63) is 34.9 Å². The summed E-state index contributed by atoms with van der Waals surface area (Å²) in [5.41, 5.74) is 2.22. The molecule has 0 saturated heterocycles. The van der Waals surface area contributed by atoms with Crippen molar-refractivity contribution >= 4 is 0 Å². The Morgan fingerprint density at radius 1 is 1.06 bits per heavy atom. The van der Waals surface area contributed by atoms with E-state index in [-0.39, 0.29) is 5.41 Å². The van der Waals surface area contributed by atoms with Gasteiger partial charge < -0.3 is 0 Å². The zero-order valence-electron chi connectivity index (χ0n) is 10.9. The minimum Gasteiger partial charge on any atom is -0.170 e. The lowest BCUT2D eigenvalue weighted by Crippen LogP contribution is -2.19. The second kappa shape index (κ2) is 4.35. The highest BCUT2D eigenvalue weighted by Gasteiger charge is 2.37. The third kappa shape index (κ3) is 3.24. The van der Waals surface area contributed by atoms with E-state index >= 15 is 0 Å². The molecular weight excluding hydrogens is 225 g/mol. The summed E-state index contributed by atoms with van der Waals surface area (Å²) in [6, 6.07) is 5.04. The molecule has 0 aromatic heterocycles. The molecule has 0 amide bonds. The number of aryl methyl sites for hydroxylation is 1. The molecule has 96 valence electrons. The third-order valence-corrected chi connectivity index (χ3v) is 3.06. The first-order chi connectivity index (χ1) is 7.53. The molecular formula is C14H19F3. The van der Waals surface area contributed by atoms with Gasteiger partial charge in [-0.15, -0.1) is 0 Å². The molecule has 1 atom stereocenters. The Bertz CT molecular complexity index is 397. The normalized spacial score (nSPS) is 14.8. The van der Waals surface area contributed by atoms with E-state index in [1.165, 1.54) is 6.92 Å². The third-order valence-electron chi connectivity index (χ3n) is 3.06. The Morgan fingerprint density at radius 2 is 1.59 bits per heavy atom. The van der Waals surface area contributed by atoms with Gasteiger partial charge in [0, 0.05) is 0 Å². The van der Waals surface area contributed by atoms with E-state index in [1.54, 1.807) is 18.2 Å². The van der Waals surface area contributed by atoms with Crippen LogP contribution in [0.1, 0.15) is 50.3 Å². The van der Waals surface area contributed by atoms with E-state index in [1.807, 2.05) is 27.7 Å². The predicted octanol–water partition coefficient (Wildman–Crippen LogP) is 4.96. The Kier molecular flexibility index (Phi) is 3.60. The minimum absolute atomic E-state index is 0.134. The molecule has 0 radical (unpaired) electrons. The molecule has 0 aliphatic rings. The highest BCUT2D eigenvalue weighted by molar-refractivity contribution is 5.37. The van der Waals surface area contributed by atoms with E-state index in [9.17, 15) is 13.2 Å². The summed E-state index contributed by atoms with van der Waals surface area (Å²) in [7, 11) is 0. The van der Waals surface area contributed by atoms with Crippen LogP contribution in [0.15, 0.2) is 18.2 Å². The van der Waals surface area contributed by atoms with E-state index in [2.05, 4.69) is 0 Å². The van der Waals surface area contributed by atoms with Crippen LogP contribution in [0.5, 0.6) is 0 Å². The number of halogens is 3. The summed E-state index contributed by atoms with van der Waals surface area (Å²) in [5, 5.41) is 0. The molecule has 0 aliphatic carbocycles. The predicted molar refractivity (Wildman–Crippen MR) is 64.3 cm³/mol. The second-order valence-electron chi connectivity index (χ2n) is 5.59. The summed E-state index contributed by atoms with van der Waals surface area (Å²) in [6.45, 7) is 9.17. The van der Waals surface area contributed by atoms with Crippen LogP contribution in [0.3, 0.4) is 0 Å². The number of rotatable bonds is 1. The van der Waals surface area contributed by atoms with Gasteiger partial charge >= 0.3 is 6.18 Å². The van der Waals surface area contributed by atoms with Crippen LogP contribution in [-0.4, -0.2) is 6.18 Å². The average molecular weight is 244 g/mol. The Labute approximate surface area is 101 Å². The fourth-order valence-electron chi connectivity index (χ4n) is 1.91. The Hall–Kier alpha value is -0.990. The van der Waals surface area contributed by atoms with Crippen LogP contribution in [0.4, 0.5) is 13.2 Å². The van der Waals surface area contributed by atoms with Gasteiger partial charge in [0.2, 0.25) is 0 Å². The van der Waals surface area contributed by atoms with Gasteiger partial charge in [0.1, 0.15) is 0 Å². The van der Waals surface area contributed by atoms with Crippen LogP contribution in [0.2, 0.25) is 0 Å². The summed E-state index contributed by atoms with van der Waals surface area (Å²) >= 11 is 0. The van der Waals surface area contributed by atoms with Gasteiger partial charge in [0.15, 0.2) is 0 Å². The average Bonchev–Trinajstić information content (AvgIpc) is 2.14. The van der Waals surface area contributed by atoms with Crippen molar-refractivity contribution in [2.45, 2.75) is 52.1 Å². The van der Waals surface area contributed by atoms with Crippen LogP contribution < -0.4 is 0 Å². The lowest BCUT2D eigenvalue weighted by atomic mass is 9.82. The molecule has 0 spiro atoms. The maximum absolute atomic E-state index is 12.7. The molecule has 0 aliphatic heterocycles. The molecule has 1 rings (SSSR count). The molecule has 1 aromatic carbocycles. The van der Waals surface area contributed by atoms with E-state index in [0.717, 1.165) is 11.1 Å². The van der Waals surface area contributed by atoms with Gasteiger partial charge in [-0.3, -0.25) is 0 Å². The topological polar surface area (TPSA) is 0 Å². The van der Waals surface area contributed by atoms with Crippen molar-refractivity contribution in [2.75, 3.05) is 0 Å². The minimum atomic E-state index is -4.18. The van der Waals surface area contributed by atoms with Gasteiger partial charge in [-0.25, -0.2) is 0 Å². The maximum Gasteiger partial charge on any atom is 0.395 e. The molecule has 0 N–H and O–H groups in total. The largest absolute Gasteiger partial charge is 0.395 e. The van der Waals surface area contributed by atoms with E-state index in [4.69, 9.17) is 0 Å². The Morgan fingerprint density at radius 3 is 2.00 bits per heavy atom. The lowest BCUT2D eigenvalue weighted by Gasteiger charge is -2.24. The lowest BCUT2D eigenvalue weighted by molar-refractivity contribution is -0.146.